The van der Waals surface area contributed by atoms with Gasteiger partial charge in [-0.05, 0) is 37.6 Å². The quantitative estimate of drug-likeness (QED) is 0.486. The second-order valence-corrected chi connectivity index (χ2v) is 9.01. The Balaban J connectivity index is 1.31. The van der Waals surface area contributed by atoms with Crippen LogP contribution in [0.3, 0.4) is 0 Å². The highest BCUT2D eigenvalue weighted by atomic mass is 19.4. The van der Waals surface area contributed by atoms with Crippen LogP contribution in [0.15, 0.2) is 64.0 Å². The van der Waals surface area contributed by atoms with E-state index in [1.54, 1.807) is 0 Å². The topological polar surface area (TPSA) is 63.0 Å². The molecule has 0 saturated carbocycles. The Morgan fingerprint density at radius 2 is 1.69 bits per heavy atom. The van der Waals surface area contributed by atoms with Gasteiger partial charge in [0.1, 0.15) is 18.6 Å². The van der Waals surface area contributed by atoms with Crippen molar-refractivity contribution in [1.29, 1.82) is 0 Å². The summed E-state index contributed by atoms with van der Waals surface area (Å²) in [6.07, 6.45) is -3.19. The molecule has 0 unspecified atom stereocenters. The first-order chi connectivity index (χ1) is 17.1. The zero-order valence-corrected chi connectivity index (χ0v) is 20.1. The molecule has 0 radical (unpaired) electrons. The third kappa shape index (κ3) is 6.34. The summed E-state index contributed by atoms with van der Waals surface area (Å²) in [7, 11) is 0. The second kappa shape index (κ2) is 10.6. The summed E-state index contributed by atoms with van der Waals surface area (Å²) in [5.41, 5.74) is 2.09. The lowest BCUT2D eigenvalue weighted by Gasteiger charge is -2.34. The van der Waals surface area contributed by atoms with E-state index >= 15 is 0 Å². The van der Waals surface area contributed by atoms with Crippen molar-refractivity contribution in [3.63, 3.8) is 0 Å². The molecule has 1 saturated heterocycles. The second-order valence-electron chi connectivity index (χ2n) is 9.01. The molecule has 1 aliphatic rings. The van der Waals surface area contributed by atoms with Gasteiger partial charge in [0, 0.05) is 37.8 Å². The van der Waals surface area contributed by atoms with Crippen molar-refractivity contribution in [1.82, 2.24) is 9.80 Å². The number of hydrogen-bond donors (Lipinski definition) is 0. The zero-order chi connectivity index (χ0) is 25.9. The maximum absolute atomic E-state index is 13.0. The molecule has 6 nitrogen and oxygen atoms in total. The molecule has 1 fully saturated rings. The summed E-state index contributed by atoms with van der Waals surface area (Å²) >= 11 is 0. The lowest BCUT2D eigenvalue weighted by Crippen LogP contribution is -2.48. The van der Waals surface area contributed by atoms with Gasteiger partial charge in [0.05, 0.1) is 12.1 Å². The van der Waals surface area contributed by atoms with Crippen LogP contribution in [0, 0.1) is 13.8 Å². The molecule has 1 amide bonds. The number of alkyl halides is 3. The minimum Gasteiger partial charge on any atom is -0.482 e. The molecule has 36 heavy (non-hydrogen) atoms. The van der Waals surface area contributed by atoms with Crippen molar-refractivity contribution in [2.24, 2.45) is 0 Å². The van der Waals surface area contributed by atoms with E-state index in [0.717, 1.165) is 28.8 Å². The maximum Gasteiger partial charge on any atom is 0.416 e. The van der Waals surface area contributed by atoms with E-state index in [1.807, 2.05) is 30.9 Å². The Morgan fingerprint density at radius 1 is 1.00 bits per heavy atom. The Labute approximate surface area is 206 Å². The average molecular weight is 501 g/mol. The van der Waals surface area contributed by atoms with Crippen LogP contribution in [0.5, 0.6) is 5.75 Å². The first-order valence-electron chi connectivity index (χ1n) is 11.6. The normalized spacial score (nSPS) is 14.6. The predicted molar refractivity (Wildman–Crippen MR) is 128 cm³/mol. The molecule has 3 aromatic rings. The number of halogens is 3. The number of nitrogens with zero attached hydrogens (tertiary/aromatic N) is 2. The molecule has 4 rings (SSSR count). The predicted octanol–water partition coefficient (Wildman–Crippen LogP) is 4.81. The number of piperazine rings is 1. The fourth-order valence-electron chi connectivity index (χ4n) is 4.28. The van der Waals surface area contributed by atoms with Gasteiger partial charge < -0.3 is 14.1 Å². The zero-order valence-electron chi connectivity index (χ0n) is 20.1. The van der Waals surface area contributed by atoms with Crippen molar-refractivity contribution in [3.05, 3.63) is 98.6 Å². The van der Waals surface area contributed by atoms with Crippen LogP contribution >= 0.6 is 0 Å². The van der Waals surface area contributed by atoms with Gasteiger partial charge >= 0.3 is 6.18 Å². The lowest BCUT2D eigenvalue weighted by atomic mass is 10.1. The first-order valence-corrected chi connectivity index (χ1v) is 11.6. The van der Waals surface area contributed by atoms with E-state index in [2.05, 4.69) is 6.07 Å². The fourth-order valence-corrected chi connectivity index (χ4v) is 4.28. The van der Waals surface area contributed by atoms with Gasteiger partial charge in [-0.2, -0.15) is 13.2 Å². The van der Waals surface area contributed by atoms with Crippen molar-refractivity contribution in [2.45, 2.75) is 33.2 Å². The summed E-state index contributed by atoms with van der Waals surface area (Å²) < 4.78 is 50.2. The van der Waals surface area contributed by atoms with Crippen LogP contribution < -0.4 is 10.2 Å². The number of carbonyl (C=O) groups excluding carboxylic acids is 1. The summed E-state index contributed by atoms with van der Waals surface area (Å²) in [5.74, 6) is 0.170. The smallest absolute Gasteiger partial charge is 0.416 e. The van der Waals surface area contributed by atoms with Gasteiger partial charge in [0.25, 0.3) is 5.91 Å². The lowest BCUT2D eigenvalue weighted by molar-refractivity contribution is -0.137. The van der Waals surface area contributed by atoms with E-state index < -0.39 is 17.6 Å². The molecule has 0 aliphatic carbocycles. The highest BCUT2D eigenvalue weighted by Crippen LogP contribution is 2.30. The van der Waals surface area contributed by atoms with Crippen LogP contribution in [0.1, 0.15) is 38.4 Å². The standard InChI is InChI=1S/C27H27F3N2O4/c1-18-10-19(2)12-20(11-18)16-36-25-17-35-23(14-24(25)33)15-31-6-8-32(9-7-31)26(34)21-4-3-5-22(13-21)27(28,29)30/h3-5,10-14,17H,6-9,15-16H2,1-2H3. The minimum atomic E-state index is -4.50. The maximum atomic E-state index is 13.0. The van der Waals surface area contributed by atoms with Gasteiger partial charge in [0.2, 0.25) is 11.2 Å². The molecule has 2 aromatic carbocycles. The minimum absolute atomic E-state index is 0.0145. The largest absolute Gasteiger partial charge is 0.482 e. The van der Waals surface area contributed by atoms with Crippen molar-refractivity contribution in [2.75, 3.05) is 26.2 Å². The molecule has 0 N–H and O–H groups in total. The molecule has 190 valence electrons. The van der Waals surface area contributed by atoms with Crippen LogP contribution in [0.2, 0.25) is 0 Å². The highest BCUT2D eigenvalue weighted by molar-refractivity contribution is 5.94. The van der Waals surface area contributed by atoms with Crippen molar-refractivity contribution in [3.8, 4) is 5.75 Å². The van der Waals surface area contributed by atoms with E-state index in [0.29, 0.717) is 38.5 Å². The van der Waals surface area contributed by atoms with Gasteiger partial charge in [-0.1, -0.05) is 35.4 Å². The van der Waals surface area contributed by atoms with E-state index in [1.165, 1.54) is 29.4 Å². The van der Waals surface area contributed by atoms with Crippen LogP contribution in [-0.4, -0.2) is 41.9 Å². The summed E-state index contributed by atoms with van der Waals surface area (Å²) in [6.45, 7) is 6.35. The highest BCUT2D eigenvalue weighted by Gasteiger charge is 2.31. The number of hydrogen-bond acceptors (Lipinski definition) is 5. The number of aryl methyl sites for hydroxylation is 2. The van der Waals surface area contributed by atoms with Crippen LogP contribution in [-0.2, 0) is 19.3 Å². The van der Waals surface area contributed by atoms with Crippen molar-refractivity contribution >= 4 is 5.91 Å². The summed E-state index contributed by atoms with van der Waals surface area (Å²) in [4.78, 5) is 28.7. The van der Waals surface area contributed by atoms with E-state index in [9.17, 15) is 22.8 Å². The first kappa shape index (κ1) is 25.5. The molecular formula is C27H27F3N2O4. The molecule has 0 bridgehead atoms. The molecule has 2 heterocycles. The molecule has 1 aliphatic heterocycles. The number of carbonyl (C=O) groups is 1. The number of ether oxygens (including phenoxy) is 1. The van der Waals surface area contributed by atoms with Crippen LogP contribution in [0.25, 0.3) is 0 Å². The van der Waals surface area contributed by atoms with Crippen LogP contribution in [0.4, 0.5) is 13.2 Å². The third-order valence-corrected chi connectivity index (χ3v) is 6.00. The van der Waals surface area contributed by atoms with E-state index in [-0.39, 0.29) is 23.3 Å². The third-order valence-electron chi connectivity index (χ3n) is 6.00. The molecule has 9 heteroatoms. The van der Waals surface area contributed by atoms with Gasteiger partial charge in [-0.3, -0.25) is 14.5 Å². The van der Waals surface area contributed by atoms with Gasteiger partial charge in [-0.25, -0.2) is 0 Å². The molecule has 0 spiro atoms. The average Bonchev–Trinajstić information content (AvgIpc) is 2.82. The Morgan fingerprint density at radius 3 is 2.33 bits per heavy atom. The Kier molecular flexibility index (Phi) is 7.49. The van der Waals surface area contributed by atoms with E-state index in [4.69, 9.17) is 9.15 Å². The molecular weight excluding hydrogens is 473 g/mol. The Bertz CT molecular complexity index is 1270. The SMILES string of the molecule is Cc1cc(C)cc(COc2coc(CN3CCN(C(=O)c4cccc(C(F)(F)F)c4)CC3)cc2=O)c1. The Hall–Kier alpha value is -3.59. The van der Waals surface area contributed by atoms with Gasteiger partial charge in [0.15, 0.2) is 0 Å². The van der Waals surface area contributed by atoms with Gasteiger partial charge in [-0.15, -0.1) is 0 Å². The number of rotatable bonds is 6. The number of benzene rings is 2. The number of amides is 1. The molecule has 0 atom stereocenters. The summed E-state index contributed by atoms with van der Waals surface area (Å²) in [5, 5.41) is 0. The summed E-state index contributed by atoms with van der Waals surface area (Å²) in [6, 6.07) is 11.9. The fraction of sp³-hybridized carbons (Fsp3) is 0.333. The monoisotopic (exact) mass is 500 g/mol. The molecule has 1 aromatic heterocycles. The van der Waals surface area contributed by atoms with Crippen molar-refractivity contribution < 1.29 is 27.1 Å².